The van der Waals surface area contributed by atoms with Gasteiger partial charge in [0, 0.05) is 6.20 Å². The van der Waals surface area contributed by atoms with Crippen LogP contribution < -0.4 is 0 Å². The Kier molecular flexibility index (Phi) is 2.36. The number of aromatic nitrogens is 5. The number of carbonyl (C=O) groups excluding carboxylic acids is 1. The van der Waals surface area contributed by atoms with Gasteiger partial charge in [0.05, 0.1) is 7.11 Å². The molecule has 15 heavy (non-hydrogen) atoms. The molecule has 0 aliphatic rings. The maximum Gasteiger partial charge on any atom is 0.360 e. The van der Waals surface area contributed by atoms with Gasteiger partial charge in [-0.2, -0.15) is 15.4 Å². The van der Waals surface area contributed by atoms with Crippen molar-refractivity contribution in [2.75, 3.05) is 7.11 Å². The van der Waals surface area contributed by atoms with Gasteiger partial charge in [-0.15, -0.1) is 10.2 Å². The number of nitrogens with one attached hydrogen (secondary N) is 1. The Balaban J connectivity index is 2.46. The van der Waals surface area contributed by atoms with E-state index in [1.807, 2.05) is 0 Å². The van der Waals surface area contributed by atoms with E-state index >= 15 is 0 Å². The predicted molar refractivity (Wildman–Crippen MR) is 48.7 cm³/mol. The molecule has 7 nitrogen and oxygen atoms in total. The zero-order valence-electron chi connectivity index (χ0n) is 7.84. The molecule has 0 radical (unpaired) electrons. The van der Waals surface area contributed by atoms with Crippen LogP contribution in [-0.4, -0.2) is 38.7 Å². The van der Waals surface area contributed by atoms with Crippen molar-refractivity contribution in [3.63, 3.8) is 0 Å². The Bertz CT molecular complexity index is 467. The second-order valence-electron chi connectivity index (χ2n) is 2.62. The number of hydrogen-bond acceptors (Lipinski definition) is 6. The lowest BCUT2D eigenvalue weighted by Crippen LogP contribution is -2.04. The number of carbonyl (C=O) groups is 1. The monoisotopic (exact) mass is 205 g/mol. The molecular weight excluding hydrogens is 198 g/mol. The van der Waals surface area contributed by atoms with Crippen molar-refractivity contribution in [1.82, 2.24) is 25.6 Å². The molecule has 0 bridgehead atoms. The number of aromatic amines is 1. The van der Waals surface area contributed by atoms with Crippen molar-refractivity contribution >= 4 is 5.97 Å². The minimum atomic E-state index is -0.565. The van der Waals surface area contributed by atoms with Crippen LogP contribution in [0, 0.1) is 0 Å². The van der Waals surface area contributed by atoms with Crippen LogP contribution in [-0.2, 0) is 4.74 Å². The van der Waals surface area contributed by atoms with Crippen molar-refractivity contribution in [2.24, 2.45) is 0 Å². The second kappa shape index (κ2) is 3.82. The Morgan fingerprint density at radius 3 is 3.00 bits per heavy atom. The molecule has 0 unspecified atom stereocenters. The molecule has 0 fully saturated rings. The van der Waals surface area contributed by atoms with Crippen LogP contribution in [0.3, 0.4) is 0 Å². The molecule has 0 saturated carbocycles. The van der Waals surface area contributed by atoms with Gasteiger partial charge < -0.3 is 4.74 Å². The summed E-state index contributed by atoms with van der Waals surface area (Å²) in [5.41, 5.74) is 0.889. The SMILES string of the molecule is COC(=O)c1n[nH]nc1-c1cccnn1. The van der Waals surface area contributed by atoms with Gasteiger partial charge in [-0.05, 0) is 12.1 Å². The van der Waals surface area contributed by atoms with E-state index in [-0.39, 0.29) is 5.69 Å². The van der Waals surface area contributed by atoms with Crippen LogP contribution in [0.5, 0.6) is 0 Å². The number of hydrogen-bond donors (Lipinski definition) is 1. The third-order valence-electron chi connectivity index (χ3n) is 1.74. The quantitative estimate of drug-likeness (QED) is 0.696. The molecule has 0 spiro atoms. The molecule has 76 valence electrons. The highest BCUT2D eigenvalue weighted by Crippen LogP contribution is 2.15. The lowest BCUT2D eigenvalue weighted by molar-refractivity contribution is 0.0595. The largest absolute Gasteiger partial charge is 0.464 e. The fourth-order valence-corrected chi connectivity index (χ4v) is 1.08. The van der Waals surface area contributed by atoms with Gasteiger partial charge in [-0.1, -0.05) is 0 Å². The zero-order valence-corrected chi connectivity index (χ0v) is 7.84. The molecule has 2 aromatic heterocycles. The molecular formula is C8H7N5O2. The van der Waals surface area contributed by atoms with Gasteiger partial charge in [0.25, 0.3) is 0 Å². The van der Waals surface area contributed by atoms with E-state index in [4.69, 9.17) is 0 Å². The summed E-state index contributed by atoms with van der Waals surface area (Å²) in [5, 5.41) is 17.3. The van der Waals surface area contributed by atoms with Crippen LogP contribution in [0.25, 0.3) is 11.4 Å². The van der Waals surface area contributed by atoms with Crippen LogP contribution in [0.1, 0.15) is 10.5 Å². The van der Waals surface area contributed by atoms with Crippen molar-refractivity contribution in [3.8, 4) is 11.4 Å². The number of H-pyrrole nitrogens is 1. The number of methoxy groups -OCH3 is 1. The van der Waals surface area contributed by atoms with Crippen molar-refractivity contribution in [2.45, 2.75) is 0 Å². The van der Waals surface area contributed by atoms with Crippen molar-refractivity contribution in [3.05, 3.63) is 24.0 Å². The smallest absolute Gasteiger partial charge is 0.360 e. The molecule has 0 aliphatic carbocycles. The van der Waals surface area contributed by atoms with E-state index in [0.29, 0.717) is 11.4 Å². The normalized spacial score (nSPS) is 9.93. The third kappa shape index (κ3) is 1.66. The highest BCUT2D eigenvalue weighted by Gasteiger charge is 2.19. The standard InChI is InChI=1S/C8H7N5O2/c1-15-8(14)7-6(11-13-12-7)5-3-2-4-9-10-5/h2-4H,1H3,(H,11,12,13). The summed E-state index contributed by atoms with van der Waals surface area (Å²) < 4.78 is 4.55. The molecule has 2 aromatic rings. The Morgan fingerprint density at radius 2 is 2.33 bits per heavy atom. The average molecular weight is 205 g/mol. The summed E-state index contributed by atoms with van der Waals surface area (Å²) in [4.78, 5) is 11.3. The van der Waals surface area contributed by atoms with E-state index in [0.717, 1.165) is 0 Å². The van der Waals surface area contributed by atoms with Gasteiger partial charge in [0.15, 0.2) is 5.69 Å². The first-order chi connectivity index (χ1) is 7.33. The lowest BCUT2D eigenvalue weighted by atomic mass is 10.2. The molecule has 7 heteroatoms. The summed E-state index contributed by atoms with van der Waals surface area (Å²) in [6.07, 6.45) is 1.53. The lowest BCUT2D eigenvalue weighted by Gasteiger charge is -1.96. The first kappa shape index (κ1) is 9.25. The zero-order chi connectivity index (χ0) is 10.7. The first-order valence-corrected chi connectivity index (χ1v) is 4.10. The molecule has 0 atom stereocenters. The fourth-order valence-electron chi connectivity index (χ4n) is 1.08. The van der Waals surface area contributed by atoms with E-state index < -0.39 is 5.97 Å². The Labute approximate surface area is 84.5 Å². The number of ether oxygens (including phenoxy) is 1. The summed E-state index contributed by atoms with van der Waals surface area (Å²) in [6, 6.07) is 3.37. The molecule has 2 rings (SSSR count). The Morgan fingerprint density at radius 1 is 1.47 bits per heavy atom. The highest BCUT2D eigenvalue weighted by molar-refractivity contribution is 5.93. The van der Waals surface area contributed by atoms with Gasteiger partial charge in [-0.25, -0.2) is 4.79 Å². The third-order valence-corrected chi connectivity index (χ3v) is 1.74. The molecule has 0 aliphatic heterocycles. The van der Waals surface area contributed by atoms with Crippen molar-refractivity contribution in [1.29, 1.82) is 0 Å². The first-order valence-electron chi connectivity index (χ1n) is 4.10. The van der Waals surface area contributed by atoms with E-state index in [1.54, 1.807) is 12.1 Å². The summed E-state index contributed by atoms with van der Waals surface area (Å²) in [5.74, 6) is -0.565. The van der Waals surface area contributed by atoms with Gasteiger partial charge in [0.1, 0.15) is 11.4 Å². The fraction of sp³-hybridized carbons (Fsp3) is 0.125. The summed E-state index contributed by atoms with van der Waals surface area (Å²) in [7, 11) is 1.28. The minimum absolute atomic E-state index is 0.0954. The summed E-state index contributed by atoms with van der Waals surface area (Å²) in [6.45, 7) is 0. The van der Waals surface area contributed by atoms with Gasteiger partial charge >= 0.3 is 5.97 Å². The topological polar surface area (TPSA) is 93.7 Å². The molecule has 2 heterocycles. The highest BCUT2D eigenvalue weighted by atomic mass is 16.5. The van der Waals surface area contributed by atoms with E-state index in [2.05, 4.69) is 30.3 Å². The summed E-state index contributed by atoms with van der Waals surface area (Å²) >= 11 is 0. The van der Waals surface area contributed by atoms with E-state index in [1.165, 1.54) is 13.3 Å². The average Bonchev–Trinajstić information content (AvgIpc) is 2.78. The van der Waals surface area contributed by atoms with Crippen LogP contribution >= 0.6 is 0 Å². The predicted octanol–water partition coefficient (Wildman–Crippen LogP) is 0.0483. The maximum atomic E-state index is 11.3. The minimum Gasteiger partial charge on any atom is -0.464 e. The molecule has 0 amide bonds. The number of nitrogens with zero attached hydrogens (tertiary/aromatic N) is 4. The van der Waals surface area contributed by atoms with Crippen molar-refractivity contribution < 1.29 is 9.53 Å². The van der Waals surface area contributed by atoms with E-state index in [9.17, 15) is 4.79 Å². The molecule has 1 N–H and O–H groups in total. The second-order valence-corrected chi connectivity index (χ2v) is 2.62. The number of rotatable bonds is 2. The van der Waals surface area contributed by atoms with Gasteiger partial charge in [-0.3, -0.25) is 0 Å². The molecule has 0 saturated heterocycles. The van der Waals surface area contributed by atoms with Crippen LogP contribution in [0.15, 0.2) is 18.3 Å². The van der Waals surface area contributed by atoms with Crippen LogP contribution in [0.2, 0.25) is 0 Å². The molecule has 0 aromatic carbocycles. The van der Waals surface area contributed by atoms with Gasteiger partial charge in [0.2, 0.25) is 0 Å². The van der Waals surface area contributed by atoms with Crippen LogP contribution in [0.4, 0.5) is 0 Å². The Hall–Kier alpha value is -2.31. The maximum absolute atomic E-state index is 11.3. The number of esters is 1.